The number of aromatic nitrogens is 1. The number of amides is 6. The molecule has 17 nitrogen and oxygen atoms in total. The van der Waals surface area contributed by atoms with Gasteiger partial charge in [-0.3, -0.25) is 28.8 Å². The fraction of sp³-hybridized carbons (Fsp3) is 0.611. The van der Waals surface area contributed by atoms with Crippen LogP contribution >= 0.6 is 0 Å². The third-order valence-corrected chi connectivity index (χ3v) is 14.4. The molecule has 1 aromatic carbocycles. The minimum Gasteiger partial charge on any atom is -0.379 e. The van der Waals surface area contributed by atoms with E-state index in [1.807, 2.05) is 108 Å². The number of methoxy groups -OCH3 is 2. The van der Waals surface area contributed by atoms with E-state index >= 15 is 0 Å². The maximum absolute atomic E-state index is 14.4. The molecule has 19 heteroatoms. The fourth-order valence-electron chi connectivity index (χ4n) is 9.83. The van der Waals surface area contributed by atoms with Gasteiger partial charge < -0.3 is 55.1 Å². The van der Waals surface area contributed by atoms with Gasteiger partial charge in [0.05, 0.1) is 42.2 Å². The van der Waals surface area contributed by atoms with E-state index in [2.05, 4.69) is 21.3 Å². The minimum atomic E-state index is -1.20. The van der Waals surface area contributed by atoms with Crippen LogP contribution in [0.15, 0.2) is 54.2 Å². The zero-order valence-corrected chi connectivity index (χ0v) is 45.6. The van der Waals surface area contributed by atoms with Crippen LogP contribution < -0.4 is 27.0 Å². The topological polar surface area (TPSA) is 209 Å². The summed E-state index contributed by atoms with van der Waals surface area (Å²) in [5, 5.41) is 11.6. The van der Waals surface area contributed by atoms with Gasteiger partial charge in [0.15, 0.2) is 5.71 Å². The number of hydrogen-bond donors (Lipinski definition) is 5. The van der Waals surface area contributed by atoms with Gasteiger partial charge in [-0.2, -0.15) is 4.58 Å². The highest BCUT2D eigenvalue weighted by molar-refractivity contribution is 6.25. The molecule has 0 bridgehead atoms. The molecular weight excluding hydrogens is 932 g/mol. The number of ether oxygens (including phenoxy) is 2. The van der Waals surface area contributed by atoms with E-state index in [4.69, 9.17) is 15.2 Å². The summed E-state index contributed by atoms with van der Waals surface area (Å²) in [6.07, 6.45) is 7.17. The van der Waals surface area contributed by atoms with E-state index in [1.165, 1.54) is 18.7 Å². The number of carbonyl (C=O) groups excluding carboxylic acids is 6. The Bertz CT molecular complexity index is 2330. The maximum atomic E-state index is 14.4. The van der Waals surface area contributed by atoms with Gasteiger partial charge in [0.1, 0.15) is 19.1 Å². The monoisotopic (exact) mass is 1020 g/mol. The molecule has 73 heavy (non-hydrogen) atoms. The molecule has 1 radical (unpaired) electrons. The average molecular weight is 1020 g/mol. The Kier molecular flexibility index (Phi) is 22.6. The number of likely N-dealkylation sites (N-methyl/N-ethyl adjacent to an activating group) is 2. The Hall–Kier alpha value is -5.66. The van der Waals surface area contributed by atoms with Gasteiger partial charge in [-0.05, 0) is 69.6 Å². The molecule has 2 aliphatic heterocycles. The van der Waals surface area contributed by atoms with Crippen molar-refractivity contribution in [2.24, 2.45) is 23.5 Å². The van der Waals surface area contributed by atoms with Crippen molar-refractivity contribution in [2.75, 3.05) is 47.9 Å². The van der Waals surface area contributed by atoms with Gasteiger partial charge in [0.25, 0.3) is 0 Å². The van der Waals surface area contributed by atoms with Crippen LogP contribution in [0, 0.1) is 31.6 Å². The van der Waals surface area contributed by atoms with Crippen molar-refractivity contribution in [3.8, 4) is 0 Å². The number of allylic oxidation sites excluding steroid dienone is 2. The Balaban J connectivity index is 1.39. The van der Waals surface area contributed by atoms with Crippen molar-refractivity contribution >= 4 is 54.9 Å². The lowest BCUT2D eigenvalue weighted by molar-refractivity contribution is -0.433. The molecule has 1 saturated heterocycles. The van der Waals surface area contributed by atoms with Gasteiger partial charge in [-0.15, -0.1) is 0 Å². The largest absolute Gasteiger partial charge is 0.495 e. The number of carbonyl (C=O) groups is 6. The molecule has 0 aliphatic carbocycles. The summed E-state index contributed by atoms with van der Waals surface area (Å²) < 4.78 is 29.2. The predicted octanol–water partition coefficient (Wildman–Crippen LogP) is 3.99. The standard InChI is InChI=1S/C54H82BFN9O8/c1-14-34(4)48(63(11)52(70)47(33(2)3)61-53(71)54(8,9)57)44(72-12)32-46(67)64-28-18-21-42(64)49(73-13)37(7)50(68)60-41(30-38-19-16-15-17-20-38)51(69)59-27-26-58-45(66)25-24-39-22-23-40(62(39)10)31-43-35(5)29-36(6)65(43)55-56/h15-17,19-20,22-23,29,31,33-34,37,41-42,44,47-49H,14,18,21,24-28,30,32,57H2,1-13H3,(H3-,58,59,60,61,66,68,69,71)/p+1/t34-,37+,41-,42-,44+,47-,48-,49+/m0/s1. The predicted molar refractivity (Wildman–Crippen MR) is 283 cm³/mol. The quantitative estimate of drug-likeness (QED) is 0.0498. The van der Waals surface area contributed by atoms with Crippen LogP contribution in [-0.2, 0) is 44.7 Å². The van der Waals surface area contributed by atoms with Crippen molar-refractivity contribution in [1.29, 1.82) is 0 Å². The third kappa shape index (κ3) is 15.9. The number of nitrogens with two attached hydrogens (primary N) is 1. The molecule has 6 amide bonds. The smallest absolute Gasteiger partial charge is 0.379 e. The van der Waals surface area contributed by atoms with Crippen LogP contribution in [0.1, 0.15) is 110 Å². The van der Waals surface area contributed by atoms with E-state index < -0.39 is 65.6 Å². The molecule has 6 N–H and O–H groups in total. The third-order valence-electron chi connectivity index (χ3n) is 14.4. The van der Waals surface area contributed by atoms with E-state index in [1.54, 1.807) is 37.6 Å². The first kappa shape index (κ1) is 59.9. The van der Waals surface area contributed by atoms with Crippen LogP contribution in [0.4, 0.5) is 4.32 Å². The highest BCUT2D eigenvalue weighted by atomic mass is 19.1. The Labute approximate surface area is 433 Å². The highest BCUT2D eigenvalue weighted by Crippen LogP contribution is 2.30. The van der Waals surface area contributed by atoms with Gasteiger partial charge in [0, 0.05) is 89.8 Å². The van der Waals surface area contributed by atoms with Gasteiger partial charge in [-0.25, -0.2) is 0 Å². The van der Waals surface area contributed by atoms with Crippen molar-refractivity contribution in [3.05, 3.63) is 76.8 Å². The Morgan fingerprint density at radius 1 is 0.986 bits per heavy atom. The van der Waals surface area contributed by atoms with Crippen molar-refractivity contribution in [2.45, 2.75) is 149 Å². The SMILES string of the molecule is CC[C@H](C)[C@@H]([C@@H](CC(=O)N1CCC[C@H]1[C@H](OC)[C@@H](C)C(=O)N[C@@H](Cc1ccccc1)C(=O)NCCNC(=O)CCC1=[N+](C)/C(=C\c2c(C)cc(C)n2[B]F)C=C1)OC)N(C)C(=O)[C@@H](NC(=O)C(C)(C)N)C(C)C. The molecule has 0 saturated carbocycles. The number of likely N-dealkylation sites (tertiary alicyclic amines) is 1. The first-order chi connectivity index (χ1) is 34.5. The van der Waals surface area contributed by atoms with Gasteiger partial charge in [-0.1, -0.05) is 71.4 Å². The van der Waals surface area contributed by atoms with E-state index in [0.29, 0.717) is 39.9 Å². The zero-order valence-electron chi connectivity index (χ0n) is 45.6. The lowest BCUT2D eigenvalue weighted by Crippen LogP contribution is -2.60. The second-order valence-electron chi connectivity index (χ2n) is 20.7. The van der Waals surface area contributed by atoms with Crippen LogP contribution in [-0.4, -0.2) is 158 Å². The summed E-state index contributed by atoms with van der Waals surface area (Å²) >= 11 is 0. The van der Waals surface area contributed by atoms with E-state index in [0.717, 1.165) is 33.9 Å². The summed E-state index contributed by atoms with van der Waals surface area (Å²) in [5.41, 5.74) is 10.00. The first-order valence-corrected chi connectivity index (χ1v) is 25.7. The number of aryl methyl sites for hydroxylation is 2. The molecule has 4 rings (SSSR count). The average Bonchev–Trinajstić information content (AvgIpc) is 4.05. The summed E-state index contributed by atoms with van der Waals surface area (Å²) in [4.78, 5) is 85.8. The maximum Gasteiger partial charge on any atom is 0.495 e. The van der Waals surface area contributed by atoms with Crippen molar-refractivity contribution in [1.82, 2.24) is 35.5 Å². The Morgan fingerprint density at radius 2 is 1.66 bits per heavy atom. The molecular formula is C54H83BFN9O8+. The molecule has 1 fully saturated rings. The van der Waals surface area contributed by atoms with E-state index in [-0.39, 0.29) is 61.9 Å². The first-order valence-electron chi connectivity index (χ1n) is 25.7. The summed E-state index contributed by atoms with van der Waals surface area (Å²) in [6.45, 7) is 17.1. The van der Waals surface area contributed by atoms with Crippen LogP contribution in [0.5, 0.6) is 0 Å². The van der Waals surface area contributed by atoms with Gasteiger partial charge >= 0.3 is 7.69 Å². The zero-order chi connectivity index (χ0) is 54.3. The minimum absolute atomic E-state index is 0.0459. The van der Waals surface area contributed by atoms with E-state index in [9.17, 15) is 33.1 Å². The molecule has 0 spiro atoms. The lowest BCUT2D eigenvalue weighted by atomic mass is 9.89. The summed E-state index contributed by atoms with van der Waals surface area (Å²) in [7, 11) is 7.17. The Morgan fingerprint density at radius 3 is 2.26 bits per heavy atom. The number of hydrogen-bond acceptors (Lipinski definition) is 9. The molecule has 401 valence electrons. The summed E-state index contributed by atoms with van der Waals surface area (Å²) in [6, 6.07) is 8.46. The summed E-state index contributed by atoms with van der Waals surface area (Å²) in [5.74, 6) is -3.12. The molecule has 2 aliphatic rings. The molecule has 0 unspecified atom stereocenters. The molecule has 2 aromatic rings. The number of rotatable bonds is 27. The van der Waals surface area contributed by atoms with Crippen LogP contribution in [0.2, 0.25) is 0 Å². The van der Waals surface area contributed by atoms with Crippen molar-refractivity contribution < 1.29 is 47.1 Å². The second-order valence-corrected chi connectivity index (χ2v) is 20.7. The lowest BCUT2D eigenvalue weighted by Gasteiger charge is -2.41. The second kappa shape index (κ2) is 27.6. The number of nitrogens with one attached hydrogen (secondary N) is 4. The van der Waals surface area contributed by atoms with Crippen LogP contribution in [0.25, 0.3) is 6.08 Å². The van der Waals surface area contributed by atoms with Gasteiger partial charge in [0.2, 0.25) is 41.1 Å². The molecule has 1 aromatic heterocycles. The van der Waals surface area contributed by atoms with Crippen LogP contribution in [0.3, 0.4) is 0 Å². The number of benzene rings is 1. The van der Waals surface area contributed by atoms with Crippen molar-refractivity contribution in [3.63, 3.8) is 0 Å². The molecule has 8 atom stereocenters. The number of halogens is 1. The normalized spacial score (nSPS) is 18.2. The number of nitrogens with zero attached hydrogens (tertiary/aromatic N) is 4. The fourth-order valence-corrected chi connectivity index (χ4v) is 9.83. The highest BCUT2D eigenvalue weighted by Gasteiger charge is 2.43. The molecule has 3 heterocycles.